The van der Waals surface area contributed by atoms with Gasteiger partial charge in [0.05, 0.1) is 0 Å². The average Bonchev–Trinajstić information content (AvgIpc) is 2.32. The highest BCUT2D eigenvalue weighted by Gasteiger charge is 2.32. The van der Waals surface area contributed by atoms with Gasteiger partial charge in [-0.3, -0.25) is 4.90 Å². The average molecular weight is 246 g/mol. The van der Waals surface area contributed by atoms with Crippen LogP contribution in [-0.4, -0.2) is 71.5 Å². The molecule has 0 amide bonds. The molecule has 0 N–H and O–H groups in total. The van der Waals surface area contributed by atoms with E-state index in [4.69, 9.17) is 8.85 Å². The summed E-state index contributed by atoms with van der Waals surface area (Å²) in [6.45, 7) is 10.3. The van der Waals surface area contributed by atoms with Gasteiger partial charge in [0.25, 0.3) is 0 Å². The SMILES string of the molecule is CCCN1CCN(C[Si](C)(OC)OC)CC1. The lowest BCUT2D eigenvalue weighted by molar-refractivity contribution is 0.129. The molecule has 0 spiro atoms. The molecule has 0 aliphatic carbocycles. The molecule has 0 aromatic carbocycles. The van der Waals surface area contributed by atoms with Gasteiger partial charge >= 0.3 is 8.56 Å². The molecule has 16 heavy (non-hydrogen) atoms. The Hall–Kier alpha value is 0.0569. The maximum Gasteiger partial charge on any atom is 0.348 e. The van der Waals surface area contributed by atoms with Crippen LogP contribution < -0.4 is 0 Å². The van der Waals surface area contributed by atoms with Crippen LogP contribution in [0.4, 0.5) is 0 Å². The lowest BCUT2D eigenvalue weighted by Gasteiger charge is -2.37. The molecule has 1 heterocycles. The molecule has 96 valence electrons. The van der Waals surface area contributed by atoms with Crippen molar-refractivity contribution in [2.45, 2.75) is 19.9 Å². The van der Waals surface area contributed by atoms with Gasteiger partial charge in [-0.1, -0.05) is 6.92 Å². The van der Waals surface area contributed by atoms with Gasteiger partial charge in [-0.25, -0.2) is 0 Å². The summed E-state index contributed by atoms with van der Waals surface area (Å²) in [5.74, 6) is 0. The maximum atomic E-state index is 5.53. The van der Waals surface area contributed by atoms with E-state index >= 15 is 0 Å². The summed E-state index contributed by atoms with van der Waals surface area (Å²) in [6, 6.07) is 0. The Morgan fingerprint density at radius 1 is 1.00 bits per heavy atom. The zero-order chi connectivity index (χ0) is 12.0. The van der Waals surface area contributed by atoms with Crippen LogP contribution in [0, 0.1) is 0 Å². The zero-order valence-corrected chi connectivity index (χ0v) is 12.2. The number of hydrogen-bond acceptors (Lipinski definition) is 4. The molecule has 1 aliphatic rings. The topological polar surface area (TPSA) is 24.9 Å². The van der Waals surface area contributed by atoms with Crippen LogP contribution in [0.3, 0.4) is 0 Å². The van der Waals surface area contributed by atoms with Crippen LogP contribution in [0.5, 0.6) is 0 Å². The van der Waals surface area contributed by atoms with Gasteiger partial charge in [-0.15, -0.1) is 0 Å². The van der Waals surface area contributed by atoms with Crippen molar-refractivity contribution in [2.24, 2.45) is 0 Å². The first-order chi connectivity index (χ1) is 7.63. The van der Waals surface area contributed by atoms with E-state index in [0.29, 0.717) is 0 Å². The van der Waals surface area contributed by atoms with Crippen LogP contribution in [-0.2, 0) is 8.85 Å². The van der Waals surface area contributed by atoms with E-state index in [-0.39, 0.29) is 0 Å². The minimum atomic E-state index is -1.92. The molecule has 0 radical (unpaired) electrons. The maximum absolute atomic E-state index is 5.53. The monoisotopic (exact) mass is 246 g/mol. The second-order valence-electron chi connectivity index (χ2n) is 4.66. The second-order valence-corrected chi connectivity index (χ2v) is 8.06. The summed E-state index contributed by atoms with van der Waals surface area (Å²) >= 11 is 0. The fourth-order valence-corrected chi connectivity index (χ4v) is 3.66. The van der Waals surface area contributed by atoms with Crippen molar-refractivity contribution >= 4 is 8.56 Å². The highest BCUT2D eigenvalue weighted by atomic mass is 28.4. The minimum absolute atomic E-state index is 0.986. The largest absolute Gasteiger partial charge is 0.397 e. The molecule has 0 unspecified atom stereocenters. The van der Waals surface area contributed by atoms with E-state index in [1.807, 2.05) is 0 Å². The van der Waals surface area contributed by atoms with E-state index in [2.05, 4.69) is 23.3 Å². The van der Waals surface area contributed by atoms with Crippen molar-refractivity contribution in [1.29, 1.82) is 0 Å². The third-order valence-electron chi connectivity index (χ3n) is 3.38. The van der Waals surface area contributed by atoms with Crippen molar-refractivity contribution in [3.05, 3.63) is 0 Å². The number of piperazine rings is 1. The number of hydrogen-bond donors (Lipinski definition) is 0. The Morgan fingerprint density at radius 3 is 1.94 bits per heavy atom. The van der Waals surface area contributed by atoms with Crippen LogP contribution in [0.1, 0.15) is 13.3 Å². The predicted molar refractivity (Wildman–Crippen MR) is 68.8 cm³/mol. The molecule has 0 atom stereocenters. The fraction of sp³-hybridized carbons (Fsp3) is 1.00. The Morgan fingerprint density at radius 2 is 1.50 bits per heavy atom. The third kappa shape index (κ3) is 4.14. The van der Waals surface area contributed by atoms with Crippen LogP contribution in [0.15, 0.2) is 0 Å². The minimum Gasteiger partial charge on any atom is -0.397 e. The molecular formula is C11H26N2O2Si. The number of rotatable bonds is 6. The van der Waals surface area contributed by atoms with Gasteiger partial charge in [0, 0.05) is 46.6 Å². The fourth-order valence-electron chi connectivity index (χ4n) is 2.11. The van der Waals surface area contributed by atoms with Gasteiger partial charge < -0.3 is 13.8 Å². The molecule has 1 rings (SSSR count). The van der Waals surface area contributed by atoms with Gasteiger partial charge in [0.2, 0.25) is 0 Å². The van der Waals surface area contributed by atoms with Crippen molar-refractivity contribution in [3.63, 3.8) is 0 Å². The van der Waals surface area contributed by atoms with Crippen molar-refractivity contribution in [2.75, 3.05) is 53.1 Å². The van der Waals surface area contributed by atoms with Crippen LogP contribution in [0.25, 0.3) is 0 Å². The Bertz CT molecular complexity index is 192. The molecule has 4 nitrogen and oxygen atoms in total. The molecular weight excluding hydrogens is 220 g/mol. The van der Waals surface area contributed by atoms with Gasteiger partial charge in [0.1, 0.15) is 0 Å². The van der Waals surface area contributed by atoms with E-state index in [0.717, 1.165) is 19.3 Å². The first-order valence-corrected chi connectivity index (χ1v) is 8.71. The van der Waals surface area contributed by atoms with Crippen LogP contribution >= 0.6 is 0 Å². The predicted octanol–water partition coefficient (Wildman–Crippen LogP) is 0.918. The Kier molecular flexibility index (Phi) is 5.92. The number of nitrogens with zero attached hydrogens (tertiary/aromatic N) is 2. The quantitative estimate of drug-likeness (QED) is 0.651. The van der Waals surface area contributed by atoms with Crippen LogP contribution in [0.2, 0.25) is 6.55 Å². The third-order valence-corrected chi connectivity index (χ3v) is 6.13. The Labute approximate surface area is 101 Å². The zero-order valence-electron chi connectivity index (χ0n) is 11.2. The first kappa shape index (κ1) is 14.1. The van der Waals surface area contributed by atoms with Crippen molar-refractivity contribution in [1.82, 2.24) is 9.80 Å². The molecule has 5 heteroatoms. The molecule has 1 aliphatic heterocycles. The smallest absolute Gasteiger partial charge is 0.348 e. The molecule has 0 saturated carbocycles. The first-order valence-electron chi connectivity index (χ1n) is 6.18. The van der Waals surface area contributed by atoms with E-state index in [9.17, 15) is 0 Å². The van der Waals surface area contributed by atoms with Gasteiger partial charge in [-0.05, 0) is 19.5 Å². The summed E-state index contributed by atoms with van der Waals surface area (Å²) in [5.41, 5.74) is 0. The van der Waals surface area contributed by atoms with Crippen molar-refractivity contribution < 1.29 is 8.85 Å². The summed E-state index contributed by atoms with van der Waals surface area (Å²) in [5, 5.41) is 0. The normalized spacial score (nSPS) is 20.2. The highest BCUT2D eigenvalue weighted by Crippen LogP contribution is 2.10. The highest BCUT2D eigenvalue weighted by molar-refractivity contribution is 6.66. The Balaban J connectivity index is 2.31. The van der Waals surface area contributed by atoms with Gasteiger partial charge in [-0.2, -0.15) is 0 Å². The molecule has 0 bridgehead atoms. The van der Waals surface area contributed by atoms with E-state index in [1.54, 1.807) is 14.2 Å². The molecule has 1 saturated heterocycles. The summed E-state index contributed by atoms with van der Waals surface area (Å²) in [6.07, 6.45) is 2.24. The summed E-state index contributed by atoms with van der Waals surface area (Å²) in [4.78, 5) is 5.01. The van der Waals surface area contributed by atoms with Gasteiger partial charge in [0.15, 0.2) is 0 Å². The molecule has 1 fully saturated rings. The molecule has 0 aromatic heterocycles. The summed E-state index contributed by atoms with van der Waals surface area (Å²) < 4.78 is 11.1. The van der Waals surface area contributed by atoms with E-state index < -0.39 is 8.56 Å². The summed E-state index contributed by atoms with van der Waals surface area (Å²) in [7, 11) is 1.62. The standard InChI is InChI=1S/C11H26N2O2Si/c1-5-6-12-7-9-13(10-8-12)11-16(4,14-2)15-3/h5-11H2,1-4H3. The molecule has 0 aromatic rings. The second kappa shape index (κ2) is 6.71. The lowest BCUT2D eigenvalue weighted by atomic mass is 10.3. The lowest BCUT2D eigenvalue weighted by Crippen LogP contribution is -2.54. The van der Waals surface area contributed by atoms with Crippen molar-refractivity contribution in [3.8, 4) is 0 Å². The van der Waals surface area contributed by atoms with E-state index in [1.165, 1.54) is 26.1 Å².